The number of benzene rings is 2. The van der Waals surface area contributed by atoms with Crippen molar-refractivity contribution < 1.29 is 27.5 Å². The fourth-order valence-electron chi connectivity index (χ4n) is 3.18. The summed E-state index contributed by atoms with van der Waals surface area (Å²) in [6, 6.07) is 9.07. The number of fused-ring (bicyclic) bond motifs is 1. The van der Waals surface area contributed by atoms with E-state index in [1.165, 1.54) is 0 Å². The second-order valence-corrected chi connectivity index (χ2v) is 8.71. The number of para-hydroxylation sites is 1. The molecule has 3 rings (SSSR count). The normalized spacial score (nSPS) is 13.6. The van der Waals surface area contributed by atoms with E-state index in [9.17, 15) is 27.5 Å². The number of aromatic amines is 1. The highest BCUT2D eigenvalue weighted by Gasteiger charge is 2.28. The van der Waals surface area contributed by atoms with Crippen LogP contribution < -0.4 is 10.0 Å². The summed E-state index contributed by atoms with van der Waals surface area (Å²) in [5.74, 6) is -2.60. The molecule has 10 heteroatoms. The van der Waals surface area contributed by atoms with Crippen molar-refractivity contribution in [2.75, 3.05) is 0 Å². The Morgan fingerprint density at radius 3 is 2.42 bits per heavy atom. The molecule has 2 atom stereocenters. The van der Waals surface area contributed by atoms with Gasteiger partial charge in [0.15, 0.2) is 0 Å². The fraction of sp³-hybridized carbons (Fsp3) is 0.238. The highest BCUT2D eigenvalue weighted by atomic mass is 32.2. The molecule has 0 radical (unpaired) electrons. The third kappa shape index (κ3) is 5.28. The van der Waals surface area contributed by atoms with E-state index in [1.807, 2.05) is 24.3 Å². The summed E-state index contributed by atoms with van der Waals surface area (Å²) in [6.45, 7) is 1.59. The van der Waals surface area contributed by atoms with E-state index in [0.717, 1.165) is 35.2 Å². The molecule has 0 spiro atoms. The monoisotopic (exact) mass is 447 g/mol. The molecule has 0 aliphatic carbocycles. The summed E-state index contributed by atoms with van der Waals surface area (Å²) < 4.78 is 40.3. The third-order valence-corrected chi connectivity index (χ3v) is 6.35. The van der Waals surface area contributed by atoms with Crippen molar-refractivity contribution in [1.29, 1.82) is 0 Å². The van der Waals surface area contributed by atoms with Gasteiger partial charge < -0.3 is 15.4 Å². The third-order valence-electron chi connectivity index (χ3n) is 4.86. The van der Waals surface area contributed by atoms with Gasteiger partial charge in [-0.15, -0.1) is 0 Å². The quantitative estimate of drug-likeness (QED) is 0.400. The molecule has 1 aromatic heterocycles. The van der Waals surface area contributed by atoms with E-state index in [4.69, 9.17) is 0 Å². The van der Waals surface area contributed by atoms with E-state index in [-0.39, 0.29) is 17.7 Å². The molecule has 31 heavy (non-hydrogen) atoms. The van der Waals surface area contributed by atoms with Crippen LogP contribution in [-0.4, -0.2) is 42.5 Å². The zero-order valence-electron chi connectivity index (χ0n) is 16.6. The first kappa shape index (κ1) is 22.4. The van der Waals surface area contributed by atoms with Crippen LogP contribution in [0.5, 0.6) is 0 Å². The molecule has 2 unspecified atom stereocenters. The van der Waals surface area contributed by atoms with Crippen molar-refractivity contribution in [3.8, 4) is 0 Å². The number of halogens is 1. The number of carbonyl (C=O) groups excluding carboxylic acids is 1. The number of carboxylic acids is 1. The predicted octanol–water partition coefficient (Wildman–Crippen LogP) is 2.18. The van der Waals surface area contributed by atoms with E-state index in [2.05, 4.69) is 15.0 Å². The highest BCUT2D eigenvalue weighted by Crippen LogP contribution is 2.19. The van der Waals surface area contributed by atoms with Crippen LogP contribution in [0, 0.1) is 5.82 Å². The maximum absolute atomic E-state index is 13.1. The standard InChI is InChI=1S/C21H22FN3O5S/c1-2-17(25-31(29,30)15-9-7-14(22)8-10-15)20(26)24-19(21(27)28)11-13-12-23-18-6-4-3-5-16(13)18/h3-10,12,17,19,23,25H,2,11H2,1H3,(H,24,26)(H,27,28). The Morgan fingerprint density at radius 2 is 1.77 bits per heavy atom. The average molecular weight is 447 g/mol. The van der Waals surface area contributed by atoms with Crippen molar-refractivity contribution in [2.45, 2.75) is 36.7 Å². The SMILES string of the molecule is CCC(NS(=O)(=O)c1ccc(F)cc1)C(=O)NC(Cc1c[nH]c2ccccc12)C(=O)O. The second kappa shape index (κ2) is 9.27. The first-order valence-corrected chi connectivity index (χ1v) is 11.1. The summed E-state index contributed by atoms with van der Waals surface area (Å²) in [5.41, 5.74) is 1.55. The number of nitrogens with one attached hydrogen (secondary N) is 3. The predicted molar refractivity (Wildman–Crippen MR) is 112 cm³/mol. The van der Waals surface area contributed by atoms with Gasteiger partial charge in [-0.25, -0.2) is 17.6 Å². The Labute approximate surface area is 178 Å². The first-order chi connectivity index (χ1) is 14.7. The van der Waals surface area contributed by atoms with Crippen LogP contribution in [-0.2, 0) is 26.0 Å². The van der Waals surface area contributed by atoms with Crippen LogP contribution in [0.4, 0.5) is 4.39 Å². The lowest BCUT2D eigenvalue weighted by Crippen LogP contribution is -2.51. The van der Waals surface area contributed by atoms with Crippen molar-refractivity contribution in [1.82, 2.24) is 15.0 Å². The Balaban J connectivity index is 1.74. The lowest BCUT2D eigenvalue weighted by molar-refractivity contribution is -0.142. The van der Waals surface area contributed by atoms with Gasteiger partial charge >= 0.3 is 5.97 Å². The van der Waals surface area contributed by atoms with E-state index < -0.39 is 39.8 Å². The van der Waals surface area contributed by atoms with Gasteiger partial charge in [-0.05, 0) is 42.3 Å². The van der Waals surface area contributed by atoms with Crippen LogP contribution in [0.2, 0.25) is 0 Å². The first-order valence-electron chi connectivity index (χ1n) is 9.57. The summed E-state index contributed by atoms with van der Waals surface area (Å²) >= 11 is 0. The smallest absolute Gasteiger partial charge is 0.326 e. The van der Waals surface area contributed by atoms with Crippen LogP contribution in [0.25, 0.3) is 10.9 Å². The Bertz CT molecular complexity index is 1190. The minimum atomic E-state index is -4.10. The van der Waals surface area contributed by atoms with Crippen molar-refractivity contribution in [3.63, 3.8) is 0 Å². The number of hydrogen-bond acceptors (Lipinski definition) is 4. The largest absolute Gasteiger partial charge is 0.480 e. The van der Waals surface area contributed by atoms with Gasteiger partial charge in [-0.3, -0.25) is 4.79 Å². The van der Waals surface area contributed by atoms with Crippen molar-refractivity contribution in [3.05, 3.63) is 66.1 Å². The average Bonchev–Trinajstić information content (AvgIpc) is 3.14. The molecule has 1 heterocycles. The molecule has 0 bridgehead atoms. The number of carboxylic acid groups (broad SMARTS) is 1. The van der Waals surface area contributed by atoms with E-state index in [1.54, 1.807) is 13.1 Å². The molecule has 0 fully saturated rings. The summed E-state index contributed by atoms with van der Waals surface area (Å²) in [6.07, 6.45) is 1.79. The van der Waals surface area contributed by atoms with Gasteiger partial charge in [0.1, 0.15) is 17.9 Å². The minimum absolute atomic E-state index is 0.0201. The van der Waals surface area contributed by atoms with Crippen LogP contribution in [0.15, 0.2) is 59.6 Å². The number of carbonyl (C=O) groups is 2. The lowest BCUT2D eigenvalue weighted by atomic mass is 10.0. The highest BCUT2D eigenvalue weighted by molar-refractivity contribution is 7.89. The Morgan fingerprint density at radius 1 is 1.10 bits per heavy atom. The van der Waals surface area contributed by atoms with Gasteiger partial charge in [0.25, 0.3) is 0 Å². The molecule has 0 aliphatic heterocycles. The van der Waals surface area contributed by atoms with Gasteiger partial charge in [-0.1, -0.05) is 25.1 Å². The molecule has 8 nitrogen and oxygen atoms in total. The fourth-order valence-corrected chi connectivity index (χ4v) is 4.46. The number of sulfonamides is 1. The molecular weight excluding hydrogens is 425 g/mol. The lowest BCUT2D eigenvalue weighted by Gasteiger charge is -2.20. The van der Waals surface area contributed by atoms with Crippen molar-refractivity contribution in [2.24, 2.45) is 0 Å². The zero-order chi connectivity index (χ0) is 22.6. The second-order valence-electron chi connectivity index (χ2n) is 7.00. The molecule has 1 amide bonds. The summed E-state index contributed by atoms with van der Waals surface area (Å²) in [4.78, 5) is 27.3. The Hall–Kier alpha value is -3.24. The zero-order valence-corrected chi connectivity index (χ0v) is 17.4. The number of aliphatic carboxylic acids is 1. The van der Waals surface area contributed by atoms with Crippen LogP contribution in [0.1, 0.15) is 18.9 Å². The minimum Gasteiger partial charge on any atom is -0.480 e. The molecule has 4 N–H and O–H groups in total. The molecule has 3 aromatic rings. The number of aromatic nitrogens is 1. The van der Waals surface area contributed by atoms with Gasteiger partial charge in [-0.2, -0.15) is 4.72 Å². The Kier molecular flexibility index (Phi) is 6.71. The molecule has 2 aromatic carbocycles. The van der Waals surface area contributed by atoms with Crippen LogP contribution >= 0.6 is 0 Å². The summed E-state index contributed by atoms with van der Waals surface area (Å²) in [7, 11) is -4.10. The van der Waals surface area contributed by atoms with Crippen molar-refractivity contribution >= 4 is 32.8 Å². The molecular formula is C21H22FN3O5S. The van der Waals surface area contributed by atoms with E-state index in [0.29, 0.717) is 5.56 Å². The van der Waals surface area contributed by atoms with E-state index >= 15 is 0 Å². The molecule has 164 valence electrons. The topological polar surface area (TPSA) is 128 Å². The number of H-pyrrole nitrogens is 1. The van der Waals surface area contributed by atoms with Gasteiger partial charge in [0.2, 0.25) is 15.9 Å². The number of hydrogen-bond donors (Lipinski definition) is 4. The maximum atomic E-state index is 13.1. The molecule has 0 saturated carbocycles. The van der Waals surface area contributed by atoms with Gasteiger partial charge in [0.05, 0.1) is 4.90 Å². The number of amides is 1. The van der Waals surface area contributed by atoms with Gasteiger partial charge in [0, 0.05) is 23.5 Å². The summed E-state index contributed by atoms with van der Waals surface area (Å²) in [5, 5.41) is 12.8. The molecule has 0 aliphatic rings. The molecule has 0 saturated heterocycles. The van der Waals surface area contributed by atoms with Crippen LogP contribution in [0.3, 0.4) is 0 Å². The number of rotatable bonds is 9. The maximum Gasteiger partial charge on any atom is 0.326 e.